The van der Waals surface area contributed by atoms with Gasteiger partial charge in [-0.3, -0.25) is 4.79 Å². The number of benzene rings is 2. The highest BCUT2D eigenvalue weighted by Crippen LogP contribution is 2.25. The van der Waals surface area contributed by atoms with Gasteiger partial charge in [-0.2, -0.15) is 0 Å². The van der Waals surface area contributed by atoms with Gasteiger partial charge in [-0.1, -0.05) is 24.3 Å². The Labute approximate surface area is 145 Å². The molecule has 0 fully saturated rings. The van der Waals surface area contributed by atoms with Gasteiger partial charge in [-0.05, 0) is 56.2 Å². The molecule has 4 aromatic rings. The Hall–Kier alpha value is -3.14. The molecule has 0 bridgehead atoms. The van der Waals surface area contributed by atoms with E-state index in [1.165, 1.54) is 5.56 Å². The zero-order valence-corrected chi connectivity index (χ0v) is 14.5. The molecule has 2 heterocycles. The third kappa shape index (κ3) is 2.76. The lowest BCUT2D eigenvalue weighted by Crippen LogP contribution is -2.12. The molecule has 0 saturated heterocycles. The second-order valence-electron chi connectivity index (χ2n) is 6.50. The fourth-order valence-corrected chi connectivity index (χ4v) is 3.01. The molecule has 0 saturated carbocycles. The molecule has 0 aliphatic rings. The van der Waals surface area contributed by atoms with Gasteiger partial charge in [0.15, 0.2) is 0 Å². The van der Waals surface area contributed by atoms with Crippen molar-refractivity contribution in [3.63, 3.8) is 0 Å². The average molecular weight is 329 g/mol. The van der Waals surface area contributed by atoms with E-state index >= 15 is 0 Å². The quantitative estimate of drug-likeness (QED) is 0.550. The second-order valence-corrected chi connectivity index (χ2v) is 6.50. The van der Waals surface area contributed by atoms with Crippen molar-refractivity contribution < 1.29 is 4.79 Å². The molecule has 0 atom stereocenters. The fourth-order valence-electron chi connectivity index (χ4n) is 3.01. The number of hydrogen-bond acceptors (Lipinski definition) is 2. The molecule has 0 spiro atoms. The van der Waals surface area contributed by atoms with Gasteiger partial charge in [-0.25, -0.2) is 4.98 Å². The number of fused-ring (bicyclic) bond motifs is 3. The monoisotopic (exact) mass is 329 g/mol. The van der Waals surface area contributed by atoms with Gasteiger partial charge in [0.25, 0.3) is 5.91 Å². The number of aryl methyl sites for hydroxylation is 3. The van der Waals surface area contributed by atoms with Crippen LogP contribution in [-0.4, -0.2) is 15.9 Å². The Morgan fingerprint density at radius 3 is 2.48 bits per heavy atom. The van der Waals surface area contributed by atoms with Gasteiger partial charge in [0, 0.05) is 22.2 Å². The van der Waals surface area contributed by atoms with Crippen LogP contribution in [0.15, 0.2) is 48.5 Å². The van der Waals surface area contributed by atoms with E-state index in [2.05, 4.69) is 28.3 Å². The molecule has 1 amide bonds. The molecule has 4 heteroatoms. The third-order valence-electron chi connectivity index (χ3n) is 4.60. The number of aromatic nitrogens is 2. The molecular formula is C21H19N3O. The fraction of sp³-hybridized carbons (Fsp3) is 0.143. The van der Waals surface area contributed by atoms with Crippen LogP contribution >= 0.6 is 0 Å². The Morgan fingerprint density at radius 1 is 0.920 bits per heavy atom. The third-order valence-corrected chi connectivity index (χ3v) is 4.60. The van der Waals surface area contributed by atoms with Crippen LogP contribution in [0.2, 0.25) is 0 Å². The standard InChI is InChI=1S/C21H19N3O/c1-12-4-9-17(10-13(12)2)23-21(25)18-11-16-8-7-15-6-5-14(3)22-19(15)20(16)24-18/h4-11,22H,1-3H3,(H,23,25). The first-order valence-electron chi connectivity index (χ1n) is 8.29. The van der Waals surface area contributed by atoms with Crippen molar-refractivity contribution in [3.05, 3.63) is 71.0 Å². The van der Waals surface area contributed by atoms with Crippen molar-refractivity contribution in [2.24, 2.45) is 0 Å². The van der Waals surface area contributed by atoms with Crippen LogP contribution in [0.1, 0.15) is 27.3 Å². The number of carbonyl (C=O) groups excluding carboxylic acids is 1. The van der Waals surface area contributed by atoms with E-state index in [0.717, 1.165) is 38.8 Å². The zero-order chi connectivity index (χ0) is 17.6. The van der Waals surface area contributed by atoms with Crippen LogP contribution in [0.3, 0.4) is 0 Å². The number of hydrogen-bond donors (Lipinski definition) is 2. The first-order chi connectivity index (χ1) is 12.0. The van der Waals surface area contributed by atoms with Gasteiger partial charge in [0.2, 0.25) is 0 Å². The highest BCUT2D eigenvalue weighted by atomic mass is 16.1. The lowest BCUT2D eigenvalue weighted by molar-refractivity contribution is 0.102. The topological polar surface area (TPSA) is 57.8 Å². The summed E-state index contributed by atoms with van der Waals surface area (Å²) in [5.74, 6) is -0.194. The number of rotatable bonds is 2. The molecule has 4 rings (SSSR count). The molecule has 2 aromatic carbocycles. The summed E-state index contributed by atoms with van der Waals surface area (Å²) in [5.41, 5.74) is 6.41. The summed E-state index contributed by atoms with van der Waals surface area (Å²) in [6, 6.07) is 15.9. The first kappa shape index (κ1) is 15.4. The number of pyridine rings is 1. The summed E-state index contributed by atoms with van der Waals surface area (Å²) in [7, 11) is 0. The van der Waals surface area contributed by atoms with Crippen LogP contribution in [0.25, 0.3) is 21.8 Å². The van der Waals surface area contributed by atoms with E-state index in [9.17, 15) is 4.79 Å². The van der Waals surface area contributed by atoms with Crippen LogP contribution in [0.4, 0.5) is 5.69 Å². The molecule has 0 unspecified atom stereocenters. The molecule has 0 aliphatic carbocycles. The molecular weight excluding hydrogens is 310 g/mol. The number of nitrogens with zero attached hydrogens (tertiary/aromatic N) is 1. The molecule has 2 N–H and O–H groups in total. The van der Waals surface area contributed by atoms with Crippen molar-refractivity contribution in [3.8, 4) is 0 Å². The predicted octanol–water partition coefficient (Wildman–Crippen LogP) is 4.89. The van der Waals surface area contributed by atoms with Gasteiger partial charge in [0.1, 0.15) is 5.69 Å². The van der Waals surface area contributed by atoms with Crippen LogP contribution in [0, 0.1) is 20.8 Å². The van der Waals surface area contributed by atoms with Crippen molar-refractivity contribution in [2.75, 3.05) is 5.32 Å². The van der Waals surface area contributed by atoms with Crippen molar-refractivity contribution in [1.29, 1.82) is 0 Å². The second kappa shape index (κ2) is 5.74. The van der Waals surface area contributed by atoms with E-state index in [0.29, 0.717) is 5.69 Å². The van der Waals surface area contributed by atoms with Gasteiger partial charge in [-0.15, -0.1) is 0 Å². The lowest BCUT2D eigenvalue weighted by atomic mass is 10.1. The van der Waals surface area contributed by atoms with Crippen molar-refractivity contribution in [1.82, 2.24) is 9.97 Å². The number of H-pyrrole nitrogens is 1. The Morgan fingerprint density at radius 2 is 1.68 bits per heavy atom. The summed E-state index contributed by atoms with van der Waals surface area (Å²) in [5, 5.41) is 4.97. The van der Waals surface area contributed by atoms with Gasteiger partial charge >= 0.3 is 0 Å². The first-order valence-corrected chi connectivity index (χ1v) is 8.29. The van der Waals surface area contributed by atoms with E-state index in [4.69, 9.17) is 0 Å². The minimum Gasteiger partial charge on any atom is -0.357 e. The summed E-state index contributed by atoms with van der Waals surface area (Å²) in [6.45, 7) is 6.09. The highest BCUT2D eigenvalue weighted by Gasteiger charge is 2.13. The summed E-state index contributed by atoms with van der Waals surface area (Å²) in [6.07, 6.45) is 0. The molecule has 0 aliphatic heterocycles. The van der Waals surface area contributed by atoms with Crippen LogP contribution in [-0.2, 0) is 0 Å². The van der Waals surface area contributed by atoms with E-state index in [1.54, 1.807) is 0 Å². The largest absolute Gasteiger partial charge is 0.357 e. The van der Waals surface area contributed by atoms with E-state index in [1.807, 2.05) is 56.3 Å². The van der Waals surface area contributed by atoms with Gasteiger partial charge in [0.05, 0.1) is 11.0 Å². The maximum absolute atomic E-state index is 12.6. The van der Waals surface area contributed by atoms with E-state index in [-0.39, 0.29) is 5.91 Å². The Kier molecular flexibility index (Phi) is 3.53. The maximum atomic E-state index is 12.6. The number of amides is 1. The van der Waals surface area contributed by atoms with Gasteiger partial charge < -0.3 is 10.3 Å². The van der Waals surface area contributed by atoms with Crippen molar-refractivity contribution in [2.45, 2.75) is 20.8 Å². The molecule has 2 aromatic heterocycles. The smallest absolute Gasteiger partial charge is 0.274 e. The minimum atomic E-state index is -0.194. The summed E-state index contributed by atoms with van der Waals surface area (Å²) in [4.78, 5) is 20.5. The average Bonchev–Trinajstić information content (AvgIpc) is 3.03. The zero-order valence-electron chi connectivity index (χ0n) is 14.5. The predicted molar refractivity (Wildman–Crippen MR) is 102 cm³/mol. The summed E-state index contributed by atoms with van der Waals surface area (Å²) < 4.78 is 0. The number of anilines is 1. The molecule has 124 valence electrons. The normalized spacial score (nSPS) is 11.2. The maximum Gasteiger partial charge on any atom is 0.274 e. The number of nitrogens with one attached hydrogen (secondary N) is 2. The molecule has 4 nitrogen and oxygen atoms in total. The Balaban J connectivity index is 1.73. The lowest BCUT2D eigenvalue weighted by Gasteiger charge is -2.06. The SMILES string of the molecule is Cc1ccc2ccc3cc(C(=O)Nc4ccc(C)c(C)c4)nc3c2[nH]1. The van der Waals surface area contributed by atoms with Crippen molar-refractivity contribution >= 4 is 33.4 Å². The Bertz CT molecular complexity index is 1120. The molecule has 25 heavy (non-hydrogen) atoms. The van der Waals surface area contributed by atoms with Crippen LogP contribution in [0.5, 0.6) is 0 Å². The highest BCUT2D eigenvalue weighted by molar-refractivity contribution is 6.10. The van der Waals surface area contributed by atoms with E-state index < -0.39 is 0 Å². The summed E-state index contributed by atoms with van der Waals surface area (Å²) >= 11 is 0. The van der Waals surface area contributed by atoms with Crippen LogP contribution < -0.4 is 5.32 Å². The molecule has 0 radical (unpaired) electrons. The number of carbonyl (C=O) groups is 1. The minimum absolute atomic E-state index is 0.194. The number of aromatic amines is 1.